The predicted octanol–water partition coefficient (Wildman–Crippen LogP) is 3.78. The second-order valence-corrected chi connectivity index (χ2v) is 4.65. The van der Waals surface area contributed by atoms with Crippen molar-refractivity contribution >= 4 is 27.8 Å². The molecule has 0 radical (unpaired) electrons. The highest BCUT2D eigenvalue weighted by Gasteiger charge is 2.05. The van der Waals surface area contributed by atoms with Crippen LogP contribution in [0.4, 0.5) is 0 Å². The van der Waals surface area contributed by atoms with E-state index in [-0.39, 0.29) is 0 Å². The molecular weight excluding hydrogens is 230 g/mol. The van der Waals surface area contributed by atoms with Crippen molar-refractivity contribution in [1.29, 1.82) is 0 Å². The molecule has 0 fully saturated rings. The van der Waals surface area contributed by atoms with Gasteiger partial charge in [-0.25, -0.2) is 0 Å². The fraction of sp³-hybridized carbons (Fsp3) is 0. The molecular formula is C14H9NOS. The summed E-state index contributed by atoms with van der Waals surface area (Å²) in [6, 6.07) is 11.6. The van der Waals surface area contributed by atoms with Gasteiger partial charge in [-0.15, -0.1) is 11.3 Å². The summed E-state index contributed by atoms with van der Waals surface area (Å²) in [6.07, 6.45) is 2.68. The van der Waals surface area contributed by atoms with Gasteiger partial charge >= 0.3 is 0 Å². The maximum atomic E-state index is 10.6. The van der Waals surface area contributed by atoms with Crippen molar-refractivity contribution in [1.82, 2.24) is 4.98 Å². The van der Waals surface area contributed by atoms with Gasteiger partial charge in [-0.1, -0.05) is 24.3 Å². The number of aldehydes is 1. The Hall–Kier alpha value is -2.00. The first-order chi connectivity index (χ1) is 8.38. The van der Waals surface area contributed by atoms with Crippen LogP contribution < -0.4 is 0 Å². The largest absolute Gasteiger partial charge is 0.298 e. The third-order valence-electron chi connectivity index (χ3n) is 2.70. The maximum Gasteiger partial charge on any atom is 0.150 e. The number of fused-ring (bicyclic) bond motifs is 1. The van der Waals surface area contributed by atoms with Gasteiger partial charge in [0.1, 0.15) is 6.29 Å². The first-order valence-electron chi connectivity index (χ1n) is 5.26. The van der Waals surface area contributed by atoms with E-state index in [1.54, 1.807) is 11.3 Å². The Kier molecular flexibility index (Phi) is 2.46. The van der Waals surface area contributed by atoms with Gasteiger partial charge in [0.15, 0.2) is 0 Å². The molecule has 0 amide bonds. The van der Waals surface area contributed by atoms with Gasteiger partial charge in [-0.3, -0.25) is 9.78 Å². The van der Waals surface area contributed by atoms with Gasteiger partial charge in [0.2, 0.25) is 0 Å². The average Bonchev–Trinajstić information content (AvgIpc) is 2.87. The van der Waals surface area contributed by atoms with E-state index < -0.39 is 0 Å². The number of hydrogen-bond donors (Lipinski definition) is 0. The van der Waals surface area contributed by atoms with Crippen LogP contribution in [-0.4, -0.2) is 11.3 Å². The van der Waals surface area contributed by atoms with E-state index in [1.807, 2.05) is 48.0 Å². The Morgan fingerprint density at radius 3 is 2.65 bits per heavy atom. The van der Waals surface area contributed by atoms with E-state index in [2.05, 4.69) is 4.98 Å². The molecule has 0 aliphatic carbocycles. The van der Waals surface area contributed by atoms with E-state index >= 15 is 0 Å². The molecule has 3 rings (SSSR count). The zero-order chi connectivity index (χ0) is 11.7. The summed E-state index contributed by atoms with van der Waals surface area (Å²) in [5, 5.41) is 2.04. The molecule has 0 spiro atoms. The molecule has 3 heteroatoms. The Bertz CT molecular complexity index is 670. The summed E-state index contributed by atoms with van der Waals surface area (Å²) >= 11 is 1.69. The van der Waals surface area contributed by atoms with Crippen LogP contribution in [0.1, 0.15) is 10.4 Å². The lowest BCUT2D eigenvalue weighted by molar-refractivity contribution is 0.112. The zero-order valence-electron chi connectivity index (χ0n) is 8.96. The number of benzene rings is 1. The van der Waals surface area contributed by atoms with Crippen LogP contribution >= 0.6 is 11.3 Å². The maximum absolute atomic E-state index is 10.6. The van der Waals surface area contributed by atoms with Gasteiger partial charge in [0.05, 0.1) is 10.2 Å². The minimum Gasteiger partial charge on any atom is -0.298 e. The van der Waals surface area contributed by atoms with Crippen molar-refractivity contribution in [2.24, 2.45) is 0 Å². The molecule has 1 aromatic carbocycles. The lowest BCUT2D eigenvalue weighted by Gasteiger charge is -2.03. The molecule has 3 aromatic rings. The molecule has 82 valence electrons. The molecule has 0 aliphatic rings. The van der Waals surface area contributed by atoms with E-state index in [0.29, 0.717) is 5.56 Å². The molecule has 0 atom stereocenters. The van der Waals surface area contributed by atoms with Gasteiger partial charge in [0, 0.05) is 17.3 Å². The minimum absolute atomic E-state index is 0.699. The number of aromatic nitrogens is 1. The second-order valence-electron chi connectivity index (χ2n) is 3.73. The van der Waals surface area contributed by atoms with E-state index in [1.165, 1.54) is 10.3 Å². The highest BCUT2D eigenvalue weighted by atomic mass is 32.1. The molecule has 0 saturated heterocycles. The van der Waals surface area contributed by atoms with Crippen LogP contribution in [0, 0.1) is 0 Å². The van der Waals surface area contributed by atoms with Gasteiger partial charge in [-0.2, -0.15) is 0 Å². The SMILES string of the molecule is O=Cc1ccc(-c2ccnc3ccsc23)cc1. The normalized spacial score (nSPS) is 10.6. The number of carbonyl (C=O) groups excluding carboxylic acids is 1. The Balaban J connectivity index is 2.19. The number of hydrogen-bond acceptors (Lipinski definition) is 3. The summed E-state index contributed by atoms with van der Waals surface area (Å²) in [6.45, 7) is 0. The lowest BCUT2D eigenvalue weighted by Crippen LogP contribution is -1.82. The third-order valence-corrected chi connectivity index (χ3v) is 3.64. The second kappa shape index (κ2) is 4.11. The fourth-order valence-electron chi connectivity index (χ4n) is 1.84. The highest BCUT2D eigenvalue weighted by molar-refractivity contribution is 7.17. The van der Waals surface area contributed by atoms with Crippen LogP contribution in [0.2, 0.25) is 0 Å². The molecule has 0 aliphatic heterocycles. The fourth-order valence-corrected chi connectivity index (χ4v) is 2.73. The van der Waals surface area contributed by atoms with Crippen LogP contribution in [0.25, 0.3) is 21.3 Å². The molecule has 17 heavy (non-hydrogen) atoms. The minimum atomic E-state index is 0.699. The van der Waals surface area contributed by atoms with Gasteiger partial charge in [-0.05, 0) is 23.1 Å². The summed E-state index contributed by atoms with van der Waals surface area (Å²) < 4.78 is 1.19. The van der Waals surface area contributed by atoms with Crippen LogP contribution in [0.5, 0.6) is 0 Å². The number of pyridine rings is 1. The molecule has 2 heterocycles. The monoisotopic (exact) mass is 239 g/mol. The smallest absolute Gasteiger partial charge is 0.150 e. The molecule has 2 nitrogen and oxygen atoms in total. The Morgan fingerprint density at radius 2 is 1.88 bits per heavy atom. The number of thiophene rings is 1. The molecule has 0 saturated carbocycles. The topological polar surface area (TPSA) is 30.0 Å². The van der Waals surface area contributed by atoms with Crippen molar-refractivity contribution in [3.8, 4) is 11.1 Å². The third kappa shape index (κ3) is 1.74. The van der Waals surface area contributed by atoms with Crippen molar-refractivity contribution < 1.29 is 4.79 Å². The van der Waals surface area contributed by atoms with E-state index in [4.69, 9.17) is 0 Å². The molecule has 2 aromatic heterocycles. The molecule has 0 unspecified atom stereocenters. The van der Waals surface area contributed by atoms with Crippen molar-refractivity contribution in [2.75, 3.05) is 0 Å². The van der Waals surface area contributed by atoms with E-state index in [0.717, 1.165) is 17.4 Å². The zero-order valence-corrected chi connectivity index (χ0v) is 9.78. The van der Waals surface area contributed by atoms with E-state index in [9.17, 15) is 4.79 Å². The standard InChI is InChI=1S/C14H9NOS/c16-9-10-1-3-11(4-2-10)12-5-7-15-13-6-8-17-14(12)13/h1-9H. The molecule has 0 N–H and O–H groups in total. The summed E-state index contributed by atoms with van der Waals surface area (Å²) in [4.78, 5) is 14.9. The predicted molar refractivity (Wildman–Crippen MR) is 70.4 cm³/mol. The first-order valence-corrected chi connectivity index (χ1v) is 6.14. The lowest BCUT2D eigenvalue weighted by atomic mass is 10.1. The van der Waals surface area contributed by atoms with Crippen LogP contribution in [-0.2, 0) is 0 Å². The van der Waals surface area contributed by atoms with Crippen LogP contribution in [0.15, 0.2) is 48.0 Å². The summed E-state index contributed by atoms with van der Waals surface area (Å²) in [5.41, 5.74) is 4.00. The van der Waals surface area contributed by atoms with Crippen molar-refractivity contribution in [3.05, 3.63) is 53.5 Å². The van der Waals surface area contributed by atoms with Gasteiger partial charge in [0.25, 0.3) is 0 Å². The number of nitrogens with zero attached hydrogens (tertiary/aromatic N) is 1. The van der Waals surface area contributed by atoms with Crippen molar-refractivity contribution in [2.45, 2.75) is 0 Å². The van der Waals surface area contributed by atoms with Crippen LogP contribution in [0.3, 0.4) is 0 Å². The number of rotatable bonds is 2. The van der Waals surface area contributed by atoms with Gasteiger partial charge < -0.3 is 0 Å². The van der Waals surface area contributed by atoms with Crippen molar-refractivity contribution in [3.63, 3.8) is 0 Å². The number of carbonyl (C=O) groups is 1. The Labute approximate surface area is 103 Å². The highest BCUT2D eigenvalue weighted by Crippen LogP contribution is 2.31. The quantitative estimate of drug-likeness (QED) is 0.637. The summed E-state index contributed by atoms with van der Waals surface area (Å²) in [5.74, 6) is 0. The Morgan fingerprint density at radius 1 is 1.06 bits per heavy atom. The first kappa shape index (κ1) is 10.2. The molecule has 0 bridgehead atoms. The average molecular weight is 239 g/mol. The summed E-state index contributed by atoms with van der Waals surface area (Å²) in [7, 11) is 0.